The van der Waals surface area contributed by atoms with Crippen LogP contribution in [0.15, 0.2) is 33.5 Å². The van der Waals surface area contributed by atoms with E-state index in [9.17, 15) is 14.7 Å². The first-order chi connectivity index (χ1) is 10.6. The zero-order chi connectivity index (χ0) is 16.1. The van der Waals surface area contributed by atoms with Crippen LogP contribution >= 0.6 is 0 Å². The predicted molar refractivity (Wildman–Crippen MR) is 84.3 cm³/mol. The molecule has 0 unspecified atom stereocenters. The number of aromatic hydroxyl groups is 1. The SMILES string of the molecule is CCN(CC)CCNC(=O)c1c(O)c2ccccc2oc1=O. The summed E-state index contributed by atoms with van der Waals surface area (Å²) < 4.78 is 5.08. The second-order valence-corrected chi connectivity index (χ2v) is 4.89. The van der Waals surface area contributed by atoms with Gasteiger partial charge < -0.3 is 19.7 Å². The maximum Gasteiger partial charge on any atom is 0.353 e. The number of nitrogens with zero attached hydrogens (tertiary/aromatic N) is 1. The first-order valence-corrected chi connectivity index (χ1v) is 7.33. The van der Waals surface area contributed by atoms with Gasteiger partial charge in [0, 0.05) is 13.1 Å². The van der Waals surface area contributed by atoms with Crippen molar-refractivity contribution in [1.82, 2.24) is 10.2 Å². The molecule has 2 aromatic rings. The summed E-state index contributed by atoms with van der Waals surface area (Å²) in [7, 11) is 0. The highest BCUT2D eigenvalue weighted by Gasteiger charge is 2.20. The third-order valence-electron chi connectivity index (χ3n) is 3.62. The molecule has 6 heteroatoms. The van der Waals surface area contributed by atoms with Crippen LogP contribution in [0.25, 0.3) is 11.0 Å². The molecule has 2 rings (SSSR count). The third-order valence-corrected chi connectivity index (χ3v) is 3.62. The van der Waals surface area contributed by atoms with E-state index in [4.69, 9.17) is 4.42 Å². The van der Waals surface area contributed by atoms with Crippen molar-refractivity contribution in [2.24, 2.45) is 0 Å². The van der Waals surface area contributed by atoms with Crippen LogP contribution in [-0.2, 0) is 0 Å². The fraction of sp³-hybridized carbons (Fsp3) is 0.375. The summed E-state index contributed by atoms with van der Waals surface area (Å²) in [6.45, 7) is 6.92. The average Bonchev–Trinajstić information content (AvgIpc) is 2.51. The molecular formula is C16H20N2O4. The summed E-state index contributed by atoms with van der Waals surface area (Å²) in [6, 6.07) is 6.55. The van der Waals surface area contributed by atoms with Crippen molar-refractivity contribution in [3.8, 4) is 5.75 Å². The van der Waals surface area contributed by atoms with E-state index in [1.54, 1.807) is 24.3 Å². The van der Waals surface area contributed by atoms with Crippen molar-refractivity contribution >= 4 is 16.9 Å². The Morgan fingerprint density at radius 1 is 1.27 bits per heavy atom. The minimum Gasteiger partial charge on any atom is -0.506 e. The largest absolute Gasteiger partial charge is 0.506 e. The summed E-state index contributed by atoms with van der Waals surface area (Å²) in [5.74, 6) is -0.962. The van der Waals surface area contributed by atoms with E-state index in [-0.39, 0.29) is 16.9 Å². The lowest BCUT2D eigenvalue weighted by Gasteiger charge is -2.17. The van der Waals surface area contributed by atoms with Gasteiger partial charge in [-0.05, 0) is 25.2 Å². The number of hydrogen-bond acceptors (Lipinski definition) is 5. The van der Waals surface area contributed by atoms with Gasteiger partial charge in [-0.2, -0.15) is 0 Å². The minimum atomic E-state index is -0.837. The van der Waals surface area contributed by atoms with Crippen LogP contribution in [0.4, 0.5) is 0 Å². The first kappa shape index (κ1) is 16.0. The molecular weight excluding hydrogens is 284 g/mol. The highest BCUT2D eigenvalue weighted by molar-refractivity contribution is 6.01. The standard InChI is InChI=1S/C16H20N2O4/c1-3-18(4-2)10-9-17-15(20)13-14(19)11-7-5-6-8-12(11)22-16(13)21/h5-8,19H,3-4,9-10H2,1-2H3,(H,17,20). The van der Waals surface area contributed by atoms with Gasteiger partial charge in [0.25, 0.3) is 5.91 Å². The summed E-state index contributed by atoms with van der Waals surface area (Å²) in [5, 5.41) is 13.2. The molecule has 0 fully saturated rings. The summed E-state index contributed by atoms with van der Waals surface area (Å²) in [4.78, 5) is 26.2. The second-order valence-electron chi connectivity index (χ2n) is 4.89. The number of para-hydroxylation sites is 1. The van der Waals surface area contributed by atoms with Crippen LogP contribution < -0.4 is 10.9 Å². The van der Waals surface area contributed by atoms with Gasteiger partial charge in [-0.25, -0.2) is 4.79 Å². The number of carbonyl (C=O) groups excluding carboxylic acids is 1. The first-order valence-electron chi connectivity index (χ1n) is 7.33. The molecule has 0 saturated carbocycles. The fourth-order valence-electron chi connectivity index (χ4n) is 2.29. The Morgan fingerprint density at radius 3 is 2.64 bits per heavy atom. The lowest BCUT2D eigenvalue weighted by Crippen LogP contribution is -2.36. The highest BCUT2D eigenvalue weighted by Crippen LogP contribution is 2.25. The van der Waals surface area contributed by atoms with Crippen molar-refractivity contribution in [3.05, 3.63) is 40.2 Å². The van der Waals surface area contributed by atoms with E-state index in [1.807, 2.05) is 13.8 Å². The molecule has 1 aromatic carbocycles. The Labute approximate surface area is 128 Å². The Balaban J connectivity index is 2.20. The number of rotatable bonds is 6. The Kier molecular flexibility index (Phi) is 5.16. The molecule has 1 aromatic heterocycles. The fourth-order valence-corrected chi connectivity index (χ4v) is 2.29. The Hall–Kier alpha value is -2.34. The quantitative estimate of drug-likeness (QED) is 0.792. The van der Waals surface area contributed by atoms with Gasteiger partial charge in [0.15, 0.2) is 5.56 Å². The van der Waals surface area contributed by atoms with E-state index < -0.39 is 11.5 Å². The van der Waals surface area contributed by atoms with Gasteiger partial charge in [-0.1, -0.05) is 26.0 Å². The molecule has 0 saturated heterocycles. The van der Waals surface area contributed by atoms with Crippen LogP contribution in [0.5, 0.6) is 5.75 Å². The lowest BCUT2D eigenvalue weighted by molar-refractivity contribution is 0.0942. The highest BCUT2D eigenvalue weighted by atomic mass is 16.4. The molecule has 0 atom stereocenters. The van der Waals surface area contributed by atoms with Crippen LogP contribution in [-0.4, -0.2) is 42.1 Å². The zero-order valence-electron chi connectivity index (χ0n) is 12.8. The molecule has 0 aliphatic heterocycles. The molecule has 6 nitrogen and oxygen atoms in total. The van der Waals surface area contributed by atoms with Crippen molar-refractivity contribution in [3.63, 3.8) is 0 Å². The number of likely N-dealkylation sites (N-methyl/N-ethyl adjacent to an activating group) is 1. The van der Waals surface area contributed by atoms with E-state index in [1.165, 1.54) is 0 Å². The van der Waals surface area contributed by atoms with Crippen LogP contribution in [0.1, 0.15) is 24.2 Å². The number of hydrogen-bond donors (Lipinski definition) is 2. The maximum atomic E-state index is 12.1. The van der Waals surface area contributed by atoms with Crippen molar-refractivity contribution in [2.45, 2.75) is 13.8 Å². The van der Waals surface area contributed by atoms with Crippen LogP contribution in [0, 0.1) is 0 Å². The Morgan fingerprint density at radius 2 is 1.95 bits per heavy atom. The van der Waals surface area contributed by atoms with Crippen LogP contribution in [0.3, 0.4) is 0 Å². The summed E-state index contributed by atoms with van der Waals surface area (Å²) >= 11 is 0. The molecule has 0 radical (unpaired) electrons. The van der Waals surface area contributed by atoms with Crippen molar-refractivity contribution in [1.29, 1.82) is 0 Å². The molecule has 0 bridgehead atoms. The number of nitrogens with one attached hydrogen (secondary N) is 1. The monoisotopic (exact) mass is 304 g/mol. The smallest absolute Gasteiger partial charge is 0.353 e. The zero-order valence-corrected chi connectivity index (χ0v) is 12.8. The summed E-state index contributed by atoms with van der Waals surface area (Å²) in [5.41, 5.74) is -0.931. The molecule has 0 spiro atoms. The third kappa shape index (κ3) is 3.28. The number of benzene rings is 1. The maximum absolute atomic E-state index is 12.1. The van der Waals surface area contributed by atoms with Crippen molar-refractivity contribution in [2.75, 3.05) is 26.2 Å². The number of carbonyl (C=O) groups is 1. The Bertz CT molecular complexity index is 720. The lowest BCUT2D eigenvalue weighted by atomic mass is 10.1. The van der Waals surface area contributed by atoms with Crippen LogP contribution in [0.2, 0.25) is 0 Å². The van der Waals surface area contributed by atoms with Gasteiger partial charge >= 0.3 is 5.63 Å². The molecule has 22 heavy (non-hydrogen) atoms. The van der Waals surface area contributed by atoms with E-state index >= 15 is 0 Å². The summed E-state index contributed by atoms with van der Waals surface area (Å²) in [6.07, 6.45) is 0. The molecule has 2 N–H and O–H groups in total. The minimum absolute atomic E-state index is 0.254. The number of amides is 1. The topological polar surface area (TPSA) is 82.8 Å². The average molecular weight is 304 g/mol. The molecule has 118 valence electrons. The number of fused-ring (bicyclic) bond motifs is 1. The molecule has 1 heterocycles. The molecule has 0 aliphatic rings. The van der Waals surface area contributed by atoms with Gasteiger partial charge in [0.1, 0.15) is 11.3 Å². The van der Waals surface area contributed by atoms with Gasteiger partial charge in [-0.3, -0.25) is 4.79 Å². The predicted octanol–water partition coefficient (Wildman–Crippen LogP) is 1.57. The van der Waals surface area contributed by atoms with E-state index in [0.717, 1.165) is 13.1 Å². The molecule has 1 amide bonds. The molecule has 0 aliphatic carbocycles. The van der Waals surface area contributed by atoms with Gasteiger partial charge in [-0.15, -0.1) is 0 Å². The van der Waals surface area contributed by atoms with Crippen molar-refractivity contribution < 1.29 is 14.3 Å². The van der Waals surface area contributed by atoms with E-state index in [0.29, 0.717) is 18.5 Å². The van der Waals surface area contributed by atoms with E-state index in [2.05, 4.69) is 10.2 Å². The second kappa shape index (κ2) is 7.09. The normalized spacial score (nSPS) is 11.0. The van der Waals surface area contributed by atoms with Gasteiger partial charge in [0.05, 0.1) is 5.39 Å². The van der Waals surface area contributed by atoms with Gasteiger partial charge in [0.2, 0.25) is 0 Å².